The summed E-state index contributed by atoms with van der Waals surface area (Å²) in [5.41, 5.74) is 4.41. The molecule has 1 N–H and O–H groups in total. The SMILES string of the molecule is CCOc1ncccc1-c1ccc2c(c1)N(C[C@@H]1CCN1)CC21CCN(c2ccc(C(F)(F)F)cc2C#N)CC1. The lowest BCUT2D eigenvalue weighted by molar-refractivity contribution is -0.137. The van der Waals surface area contributed by atoms with E-state index in [0.29, 0.717) is 37.3 Å². The van der Waals surface area contributed by atoms with Crippen LogP contribution in [0.15, 0.2) is 54.7 Å². The molecule has 2 fully saturated rings. The summed E-state index contributed by atoms with van der Waals surface area (Å²) in [6.07, 6.45) is 0.149. The van der Waals surface area contributed by atoms with E-state index in [2.05, 4.69) is 38.3 Å². The van der Waals surface area contributed by atoms with E-state index in [9.17, 15) is 18.4 Å². The van der Waals surface area contributed by atoms with Gasteiger partial charge in [-0.05, 0) is 80.3 Å². The Morgan fingerprint density at radius 1 is 1.12 bits per heavy atom. The first-order valence-electron chi connectivity index (χ1n) is 13.9. The number of hydrogen-bond donors (Lipinski definition) is 1. The summed E-state index contributed by atoms with van der Waals surface area (Å²) < 4.78 is 45.5. The number of aromatic nitrogens is 1. The highest BCUT2D eigenvalue weighted by Gasteiger charge is 2.45. The Morgan fingerprint density at radius 2 is 1.93 bits per heavy atom. The van der Waals surface area contributed by atoms with Gasteiger partial charge in [-0.1, -0.05) is 12.1 Å². The molecule has 4 heterocycles. The highest BCUT2D eigenvalue weighted by atomic mass is 19.4. The molecule has 3 aromatic rings. The molecule has 2 aromatic carbocycles. The third-order valence-electron chi connectivity index (χ3n) is 8.64. The van der Waals surface area contributed by atoms with Crippen LogP contribution in [0.2, 0.25) is 0 Å². The highest BCUT2D eigenvalue weighted by Crippen LogP contribution is 2.49. The van der Waals surface area contributed by atoms with Gasteiger partial charge >= 0.3 is 6.18 Å². The van der Waals surface area contributed by atoms with Crippen molar-refractivity contribution in [3.63, 3.8) is 0 Å². The molecule has 3 aliphatic rings. The van der Waals surface area contributed by atoms with E-state index in [1.165, 1.54) is 17.3 Å². The van der Waals surface area contributed by atoms with Crippen molar-refractivity contribution in [2.45, 2.75) is 43.8 Å². The van der Waals surface area contributed by atoms with Gasteiger partial charge in [-0.2, -0.15) is 18.4 Å². The first-order valence-corrected chi connectivity index (χ1v) is 13.9. The Morgan fingerprint density at radius 3 is 2.60 bits per heavy atom. The van der Waals surface area contributed by atoms with Gasteiger partial charge in [-0.15, -0.1) is 0 Å². The van der Waals surface area contributed by atoms with E-state index in [4.69, 9.17) is 4.74 Å². The Balaban J connectivity index is 1.29. The maximum absolute atomic E-state index is 13.2. The van der Waals surface area contributed by atoms with Gasteiger partial charge < -0.3 is 19.9 Å². The minimum atomic E-state index is -4.47. The first-order chi connectivity index (χ1) is 19.3. The van der Waals surface area contributed by atoms with Crippen LogP contribution in [-0.4, -0.2) is 50.4 Å². The van der Waals surface area contributed by atoms with Crippen LogP contribution in [0.5, 0.6) is 5.88 Å². The van der Waals surface area contributed by atoms with E-state index in [0.717, 1.165) is 62.2 Å². The summed E-state index contributed by atoms with van der Waals surface area (Å²) in [6, 6.07) is 16.6. The lowest BCUT2D eigenvalue weighted by atomic mass is 9.74. The van der Waals surface area contributed by atoms with Crippen LogP contribution in [0.1, 0.15) is 42.9 Å². The third kappa shape index (κ3) is 4.75. The first kappa shape index (κ1) is 26.5. The number of nitrogens with zero attached hydrogens (tertiary/aromatic N) is 4. The van der Waals surface area contributed by atoms with Crippen molar-refractivity contribution in [2.24, 2.45) is 0 Å². The van der Waals surface area contributed by atoms with Crippen molar-refractivity contribution in [1.29, 1.82) is 5.26 Å². The average Bonchev–Trinajstić information content (AvgIpc) is 3.22. The van der Waals surface area contributed by atoms with Gasteiger partial charge in [0.1, 0.15) is 6.07 Å². The van der Waals surface area contributed by atoms with E-state index >= 15 is 0 Å². The summed E-state index contributed by atoms with van der Waals surface area (Å²) >= 11 is 0. The van der Waals surface area contributed by atoms with E-state index in [1.54, 1.807) is 6.20 Å². The van der Waals surface area contributed by atoms with Crippen LogP contribution in [0.4, 0.5) is 24.5 Å². The van der Waals surface area contributed by atoms with E-state index in [1.807, 2.05) is 25.1 Å². The van der Waals surface area contributed by atoms with Gasteiger partial charge in [-0.25, -0.2) is 4.98 Å². The number of nitriles is 1. The number of nitrogens with one attached hydrogen (secondary N) is 1. The van der Waals surface area contributed by atoms with Crippen molar-refractivity contribution in [3.8, 4) is 23.1 Å². The van der Waals surface area contributed by atoms with E-state index < -0.39 is 11.7 Å². The third-order valence-corrected chi connectivity index (χ3v) is 8.64. The van der Waals surface area contributed by atoms with Gasteiger partial charge in [0.05, 0.1) is 23.4 Å². The largest absolute Gasteiger partial charge is 0.478 e. The van der Waals surface area contributed by atoms with Crippen molar-refractivity contribution >= 4 is 11.4 Å². The molecule has 0 aliphatic carbocycles. The molecule has 3 aliphatic heterocycles. The van der Waals surface area contributed by atoms with Crippen LogP contribution in [0.3, 0.4) is 0 Å². The number of hydrogen-bond acceptors (Lipinski definition) is 6. The molecule has 6 nitrogen and oxygen atoms in total. The maximum atomic E-state index is 13.2. The molecule has 0 saturated carbocycles. The summed E-state index contributed by atoms with van der Waals surface area (Å²) in [5, 5.41) is 13.2. The van der Waals surface area contributed by atoms with Crippen LogP contribution in [0, 0.1) is 11.3 Å². The number of pyridine rings is 1. The molecule has 0 unspecified atom stereocenters. The molecule has 1 aromatic heterocycles. The molecule has 6 rings (SSSR count). The number of rotatable bonds is 6. The lowest BCUT2D eigenvalue weighted by Crippen LogP contribution is -2.52. The van der Waals surface area contributed by atoms with Crippen LogP contribution < -0.4 is 19.9 Å². The highest BCUT2D eigenvalue weighted by molar-refractivity contribution is 5.76. The molecule has 1 atom stereocenters. The van der Waals surface area contributed by atoms with Crippen molar-refractivity contribution in [2.75, 3.05) is 49.1 Å². The Bertz CT molecular complexity index is 1440. The number of benzene rings is 2. The molecular formula is C31H32F3N5O. The number of anilines is 2. The second-order valence-electron chi connectivity index (χ2n) is 11.0. The van der Waals surface area contributed by atoms with Crippen molar-refractivity contribution in [3.05, 3.63) is 71.4 Å². The number of ether oxygens (including phenoxy) is 1. The Hall–Kier alpha value is -3.77. The predicted octanol–water partition coefficient (Wildman–Crippen LogP) is 5.76. The molecule has 0 radical (unpaired) electrons. The predicted molar refractivity (Wildman–Crippen MR) is 149 cm³/mol. The van der Waals surface area contributed by atoms with Crippen molar-refractivity contribution < 1.29 is 17.9 Å². The van der Waals surface area contributed by atoms with Gasteiger partial charge in [0.25, 0.3) is 0 Å². The lowest BCUT2D eigenvalue weighted by Gasteiger charge is -2.42. The number of fused-ring (bicyclic) bond motifs is 2. The topological polar surface area (TPSA) is 64.4 Å². The zero-order valence-corrected chi connectivity index (χ0v) is 22.5. The van der Waals surface area contributed by atoms with Gasteiger partial charge in [0.15, 0.2) is 0 Å². The molecule has 0 amide bonds. The molecule has 1 spiro atoms. The quantitative estimate of drug-likeness (QED) is 0.424. The van der Waals surface area contributed by atoms with Crippen LogP contribution in [-0.2, 0) is 11.6 Å². The summed E-state index contributed by atoms with van der Waals surface area (Å²) in [6.45, 7) is 6.73. The fourth-order valence-electron chi connectivity index (χ4n) is 6.42. The number of alkyl halides is 3. The molecule has 40 heavy (non-hydrogen) atoms. The normalized spacial score (nSPS) is 19.7. The zero-order valence-electron chi connectivity index (χ0n) is 22.5. The van der Waals surface area contributed by atoms with Gasteiger partial charge in [0, 0.05) is 55.1 Å². The molecule has 0 bridgehead atoms. The Labute approximate surface area is 232 Å². The average molecular weight is 548 g/mol. The number of halogens is 3. The maximum Gasteiger partial charge on any atom is 0.416 e. The summed E-state index contributed by atoms with van der Waals surface area (Å²) in [5.74, 6) is 0.628. The smallest absolute Gasteiger partial charge is 0.416 e. The zero-order chi connectivity index (χ0) is 27.9. The summed E-state index contributed by atoms with van der Waals surface area (Å²) in [7, 11) is 0. The fraction of sp³-hybridized carbons (Fsp3) is 0.419. The molecule has 2 saturated heterocycles. The standard InChI is InChI=1S/C31H32F3N5O/c1-2-40-29-25(4-3-12-37-29)21-5-7-26-28(17-21)39(19-24-9-13-36-24)20-30(26)10-14-38(15-11-30)27-8-6-23(31(32,33)34)16-22(27)18-35/h3-8,12,16-17,24,36H,2,9-11,13-15,19-20H2,1H3/t24-/m0/s1. The second-order valence-corrected chi connectivity index (χ2v) is 11.0. The molecule has 9 heteroatoms. The van der Waals surface area contributed by atoms with E-state index in [-0.39, 0.29) is 11.0 Å². The minimum Gasteiger partial charge on any atom is -0.478 e. The van der Waals surface area contributed by atoms with Crippen LogP contribution >= 0.6 is 0 Å². The number of piperidine rings is 1. The minimum absolute atomic E-state index is 0.0511. The molecule has 208 valence electrons. The van der Waals surface area contributed by atoms with Gasteiger partial charge in [-0.3, -0.25) is 0 Å². The summed E-state index contributed by atoms with van der Waals surface area (Å²) in [4.78, 5) is 9.01. The van der Waals surface area contributed by atoms with Crippen molar-refractivity contribution in [1.82, 2.24) is 10.3 Å². The van der Waals surface area contributed by atoms with Gasteiger partial charge in [0.2, 0.25) is 5.88 Å². The monoisotopic (exact) mass is 547 g/mol. The van der Waals surface area contributed by atoms with Crippen LogP contribution in [0.25, 0.3) is 11.1 Å². The Kier molecular flexibility index (Phi) is 6.83. The molecular weight excluding hydrogens is 515 g/mol. The fourth-order valence-corrected chi connectivity index (χ4v) is 6.42. The second kappa shape index (κ2) is 10.3.